The Labute approximate surface area is 105 Å². The summed E-state index contributed by atoms with van der Waals surface area (Å²) in [5.41, 5.74) is 0. The van der Waals surface area contributed by atoms with E-state index >= 15 is 0 Å². The summed E-state index contributed by atoms with van der Waals surface area (Å²) >= 11 is 0. The molecule has 4 nitrogen and oxygen atoms in total. The van der Waals surface area contributed by atoms with Crippen LogP contribution in [0.4, 0.5) is 0 Å². The first-order chi connectivity index (χ1) is 8.35. The lowest BCUT2D eigenvalue weighted by Gasteiger charge is -2.35. The highest BCUT2D eigenvalue weighted by Crippen LogP contribution is 2.28. The van der Waals surface area contributed by atoms with Crippen LogP contribution in [0, 0.1) is 5.92 Å². The van der Waals surface area contributed by atoms with Gasteiger partial charge in [0.25, 0.3) is 0 Å². The number of hydrogen-bond acceptors (Lipinski definition) is 4. The third kappa shape index (κ3) is 3.91. The summed E-state index contributed by atoms with van der Waals surface area (Å²) in [6.45, 7) is 4.87. The number of methoxy groups -OCH3 is 1. The van der Waals surface area contributed by atoms with Crippen LogP contribution in [0.5, 0.6) is 0 Å². The molecule has 0 bridgehead atoms. The molecule has 1 N–H and O–H groups in total. The van der Waals surface area contributed by atoms with Crippen LogP contribution < -0.4 is 5.32 Å². The normalized spacial score (nSPS) is 29.8. The van der Waals surface area contributed by atoms with Crippen LogP contribution in [0.2, 0.25) is 0 Å². The number of nitrogens with zero attached hydrogens (tertiary/aromatic N) is 1. The van der Waals surface area contributed by atoms with E-state index in [-0.39, 0.29) is 0 Å². The summed E-state index contributed by atoms with van der Waals surface area (Å²) in [5.74, 6) is 0.631. The van der Waals surface area contributed by atoms with Crippen molar-refractivity contribution in [1.29, 1.82) is 0 Å². The van der Waals surface area contributed by atoms with E-state index in [0.29, 0.717) is 12.0 Å². The van der Waals surface area contributed by atoms with Crippen molar-refractivity contribution in [3.05, 3.63) is 0 Å². The molecule has 1 saturated heterocycles. The van der Waals surface area contributed by atoms with E-state index in [1.807, 2.05) is 0 Å². The molecule has 2 atom stereocenters. The highest BCUT2D eigenvalue weighted by molar-refractivity contribution is 4.88. The third-order valence-electron chi connectivity index (χ3n) is 3.96. The lowest BCUT2D eigenvalue weighted by molar-refractivity contribution is 0.0136. The molecule has 0 aromatic heterocycles. The third-order valence-corrected chi connectivity index (χ3v) is 3.96. The largest absolute Gasteiger partial charge is 0.383 e. The van der Waals surface area contributed by atoms with Crippen LogP contribution in [0.15, 0.2) is 0 Å². The zero-order valence-corrected chi connectivity index (χ0v) is 11.2. The molecule has 1 aliphatic heterocycles. The Hall–Kier alpha value is -0.160. The van der Waals surface area contributed by atoms with Crippen LogP contribution >= 0.6 is 0 Å². The zero-order valence-electron chi connectivity index (χ0n) is 11.2. The number of hydrogen-bond donors (Lipinski definition) is 1. The monoisotopic (exact) mass is 242 g/mol. The standard InChI is InChI=1S/C13H26N2O2/c1-14-13-5-7-17-10-11(13)9-15(6-8-16-2)12-3-4-12/h11-14H,3-10H2,1-2H3. The van der Waals surface area contributed by atoms with Gasteiger partial charge >= 0.3 is 0 Å². The van der Waals surface area contributed by atoms with Gasteiger partial charge < -0.3 is 14.8 Å². The van der Waals surface area contributed by atoms with Crippen LogP contribution in [0.1, 0.15) is 19.3 Å². The number of rotatable bonds is 7. The second-order valence-electron chi connectivity index (χ2n) is 5.24. The lowest BCUT2D eigenvalue weighted by atomic mass is 9.95. The first-order valence-electron chi connectivity index (χ1n) is 6.83. The van der Waals surface area contributed by atoms with E-state index < -0.39 is 0 Å². The van der Waals surface area contributed by atoms with Crippen LogP contribution in [0.3, 0.4) is 0 Å². The fourth-order valence-electron chi connectivity index (χ4n) is 2.73. The molecule has 17 heavy (non-hydrogen) atoms. The molecule has 1 aliphatic carbocycles. The Morgan fingerprint density at radius 1 is 1.35 bits per heavy atom. The van der Waals surface area contributed by atoms with Crippen molar-refractivity contribution < 1.29 is 9.47 Å². The van der Waals surface area contributed by atoms with Crippen LogP contribution in [-0.4, -0.2) is 64.1 Å². The van der Waals surface area contributed by atoms with Crippen LogP contribution in [-0.2, 0) is 9.47 Å². The minimum atomic E-state index is 0.618. The van der Waals surface area contributed by atoms with E-state index in [1.54, 1.807) is 7.11 Å². The number of ether oxygens (including phenoxy) is 2. The Balaban J connectivity index is 1.82. The summed E-state index contributed by atoms with van der Waals surface area (Å²) in [5, 5.41) is 3.44. The van der Waals surface area contributed by atoms with Gasteiger partial charge in [0, 0.05) is 44.8 Å². The molecule has 1 saturated carbocycles. The van der Waals surface area contributed by atoms with Gasteiger partial charge in [0.1, 0.15) is 0 Å². The Kier molecular flexibility index (Phi) is 5.22. The van der Waals surface area contributed by atoms with E-state index in [4.69, 9.17) is 9.47 Å². The van der Waals surface area contributed by atoms with Crippen molar-refractivity contribution in [2.45, 2.75) is 31.3 Å². The predicted molar refractivity (Wildman–Crippen MR) is 68.2 cm³/mol. The Morgan fingerprint density at radius 3 is 2.82 bits per heavy atom. The lowest BCUT2D eigenvalue weighted by Crippen LogP contribution is -2.47. The molecule has 2 fully saturated rings. The summed E-state index contributed by atoms with van der Waals surface area (Å²) in [7, 11) is 3.85. The first kappa shape index (κ1) is 13.3. The van der Waals surface area contributed by atoms with Crippen molar-refractivity contribution >= 4 is 0 Å². The van der Waals surface area contributed by atoms with Gasteiger partial charge in [-0.1, -0.05) is 0 Å². The molecule has 1 heterocycles. The fraction of sp³-hybridized carbons (Fsp3) is 1.00. The van der Waals surface area contributed by atoms with Crippen molar-refractivity contribution in [3.63, 3.8) is 0 Å². The average molecular weight is 242 g/mol. The fourth-order valence-corrected chi connectivity index (χ4v) is 2.73. The molecule has 2 aliphatic rings. The van der Waals surface area contributed by atoms with E-state index in [1.165, 1.54) is 12.8 Å². The molecule has 100 valence electrons. The van der Waals surface area contributed by atoms with Gasteiger partial charge in [-0.3, -0.25) is 4.90 Å². The van der Waals surface area contributed by atoms with Crippen molar-refractivity contribution in [1.82, 2.24) is 10.2 Å². The molecule has 0 aromatic rings. The highest BCUT2D eigenvalue weighted by atomic mass is 16.5. The van der Waals surface area contributed by atoms with Crippen LogP contribution in [0.25, 0.3) is 0 Å². The Morgan fingerprint density at radius 2 is 2.18 bits per heavy atom. The van der Waals surface area contributed by atoms with E-state index in [0.717, 1.165) is 45.4 Å². The minimum Gasteiger partial charge on any atom is -0.383 e. The average Bonchev–Trinajstić information content (AvgIpc) is 3.19. The molecule has 2 unspecified atom stereocenters. The summed E-state index contributed by atoms with van der Waals surface area (Å²) in [4.78, 5) is 2.59. The van der Waals surface area contributed by atoms with Crippen molar-refractivity contribution in [3.8, 4) is 0 Å². The topological polar surface area (TPSA) is 33.7 Å². The summed E-state index contributed by atoms with van der Waals surface area (Å²) in [6.07, 6.45) is 3.87. The molecule has 0 aromatic carbocycles. The zero-order chi connectivity index (χ0) is 12.1. The minimum absolute atomic E-state index is 0.618. The summed E-state index contributed by atoms with van der Waals surface area (Å²) in [6, 6.07) is 1.43. The predicted octanol–water partition coefficient (Wildman–Crippen LogP) is 0.722. The van der Waals surface area contributed by atoms with Gasteiger partial charge in [0.05, 0.1) is 13.2 Å². The SMILES string of the molecule is CNC1CCOCC1CN(CCOC)C1CC1. The van der Waals surface area contributed by atoms with Gasteiger partial charge in [-0.05, 0) is 26.3 Å². The summed E-state index contributed by atoms with van der Waals surface area (Å²) < 4.78 is 10.8. The number of nitrogens with one attached hydrogen (secondary N) is 1. The van der Waals surface area contributed by atoms with E-state index in [2.05, 4.69) is 17.3 Å². The molecule has 2 rings (SSSR count). The smallest absolute Gasteiger partial charge is 0.0589 e. The van der Waals surface area contributed by atoms with Gasteiger partial charge in [-0.25, -0.2) is 0 Å². The Bertz CT molecular complexity index is 221. The molecule has 0 amide bonds. The second kappa shape index (κ2) is 6.69. The molecular weight excluding hydrogens is 216 g/mol. The van der Waals surface area contributed by atoms with Gasteiger partial charge in [0.15, 0.2) is 0 Å². The second-order valence-corrected chi connectivity index (χ2v) is 5.24. The van der Waals surface area contributed by atoms with Crippen molar-refractivity contribution in [2.75, 3.05) is 47.1 Å². The molecule has 4 heteroatoms. The highest BCUT2D eigenvalue weighted by Gasteiger charge is 2.33. The van der Waals surface area contributed by atoms with Gasteiger partial charge in [-0.2, -0.15) is 0 Å². The molecule has 0 radical (unpaired) electrons. The molecule has 0 spiro atoms. The maximum atomic E-state index is 5.62. The van der Waals surface area contributed by atoms with Gasteiger partial charge in [-0.15, -0.1) is 0 Å². The molecular formula is C13H26N2O2. The van der Waals surface area contributed by atoms with Gasteiger partial charge in [0.2, 0.25) is 0 Å². The quantitative estimate of drug-likeness (QED) is 0.713. The maximum absolute atomic E-state index is 5.62. The van der Waals surface area contributed by atoms with E-state index in [9.17, 15) is 0 Å². The maximum Gasteiger partial charge on any atom is 0.0589 e. The first-order valence-corrected chi connectivity index (χ1v) is 6.83. The van der Waals surface area contributed by atoms with Crippen molar-refractivity contribution in [2.24, 2.45) is 5.92 Å².